The molecule has 3 N–H and O–H groups in total. The first-order valence-corrected chi connectivity index (χ1v) is 8.11. The molecule has 4 nitrogen and oxygen atoms in total. The lowest BCUT2D eigenvalue weighted by molar-refractivity contribution is 0.664. The standard InChI is InChI=1S/C19H18N4/c20-19-16(10-21-22-19)13-7-8-18-15(9-13)14-3-1-2-4-17(14)23(18)11-12-5-6-12/h1-4,7-10,12H,5-6,11H2,(H3,20,21,22). The second-order valence-corrected chi connectivity index (χ2v) is 6.50. The van der Waals surface area contributed by atoms with Crippen LogP contribution < -0.4 is 5.73 Å². The Labute approximate surface area is 133 Å². The molecule has 1 aliphatic carbocycles. The van der Waals surface area contributed by atoms with E-state index in [2.05, 4.69) is 57.2 Å². The molecule has 0 bridgehead atoms. The van der Waals surface area contributed by atoms with Crippen molar-refractivity contribution in [2.45, 2.75) is 19.4 Å². The summed E-state index contributed by atoms with van der Waals surface area (Å²) in [6.45, 7) is 1.12. The SMILES string of the molecule is Nc1[nH]ncc1-c1ccc2c(c1)c1ccccc1n2CC1CC1. The van der Waals surface area contributed by atoms with E-state index in [1.165, 1.54) is 34.6 Å². The number of aromatic nitrogens is 3. The summed E-state index contributed by atoms with van der Waals surface area (Å²) in [5.41, 5.74) is 10.7. The summed E-state index contributed by atoms with van der Waals surface area (Å²) in [6, 6.07) is 15.3. The van der Waals surface area contributed by atoms with E-state index in [1.807, 2.05) is 0 Å². The molecular formula is C19H18N4. The van der Waals surface area contributed by atoms with Crippen LogP contribution in [0, 0.1) is 5.92 Å². The molecule has 1 saturated carbocycles. The lowest BCUT2D eigenvalue weighted by atomic mass is 10.0. The van der Waals surface area contributed by atoms with Crippen LogP contribution in [0.4, 0.5) is 5.82 Å². The normalized spacial score (nSPS) is 14.8. The number of nitrogens with zero attached hydrogens (tertiary/aromatic N) is 2. The number of hydrogen-bond acceptors (Lipinski definition) is 2. The highest BCUT2D eigenvalue weighted by Gasteiger charge is 2.23. The molecule has 5 rings (SSSR count). The topological polar surface area (TPSA) is 59.6 Å². The van der Waals surface area contributed by atoms with Crippen molar-refractivity contribution < 1.29 is 0 Å². The lowest BCUT2D eigenvalue weighted by Gasteiger charge is -2.06. The van der Waals surface area contributed by atoms with Crippen LogP contribution in [0.25, 0.3) is 32.9 Å². The Morgan fingerprint density at radius 3 is 2.70 bits per heavy atom. The number of para-hydroxylation sites is 1. The first-order chi connectivity index (χ1) is 11.3. The van der Waals surface area contributed by atoms with Gasteiger partial charge in [-0.15, -0.1) is 0 Å². The predicted octanol–water partition coefficient (Wildman–Crippen LogP) is 4.18. The zero-order valence-electron chi connectivity index (χ0n) is 12.8. The van der Waals surface area contributed by atoms with Gasteiger partial charge in [-0.05, 0) is 42.5 Å². The molecule has 4 aromatic rings. The van der Waals surface area contributed by atoms with Crippen LogP contribution in [-0.4, -0.2) is 14.8 Å². The van der Waals surface area contributed by atoms with E-state index in [4.69, 9.17) is 5.73 Å². The van der Waals surface area contributed by atoms with Gasteiger partial charge in [0, 0.05) is 33.9 Å². The second-order valence-electron chi connectivity index (χ2n) is 6.50. The molecule has 0 saturated heterocycles. The molecule has 4 heteroatoms. The molecule has 2 aromatic carbocycles. The van der Waals surface area contributed by atoms with Crippen LogP contribution in [0.3, 0.4) is 0 Å². The highest BCUT2D eigenvalue weighted by molar-refractivity contribution is 6.09. The smallest absolute Gasteiger partial charge is 0.126 e. The average molecular weight is 302 g/mol. The number of aromatic amines is 1. The average Bonchev–Trinajstić information content (AvgIpc) is 3.22. The Hall–Kier alpha value is -2.75. The Morgan fingerprint density at radius 1 is 1.09 bits per heavy atom. The summed E-state index contributed by atoms with van der Waals surface area (Å²) in [4.78, 5) is 0. The number of hydrogen-bond donors (Lipinski definition) is 2. The van der Waals surface area contributed by atoms with Crippen molar-refractivity contribution in [2.75, 3.05) is 5.73 Å². The van der Waals surface area contributed by atoms with Crippen molar-refractivity contribution in [3.8, 4) is 11.1 Å². The molecule has 2 heterocycles. The number of rotatable bonds is 3. The fourth-order valence-corrected chi connectivity index (χ4v) is 3.50. The minimum atomic E-state index is 0.617. The van der Waals surface area contributed by atoms with E-state index in [9.17, 15) is 0 Å². The lowest BCUT2D eigenvalue weighted by Crippen LogP contribution is -1.98. The molecular weight excluding hydrogens is 284 g/mol. The minimum Gasteiger partial charge on any atom is -0.384 e. The van der Waals surface area contributed by atoms with Crippen LogP contribution >= 0.6 is 0 Å². The van der Waals surface area contributed by atoms with Crippen molar-refractivity contribution in [3.63, 3.8) is 0 Å². The number of H-pyrrole nitrogens is 1. The maximum atomic E-state index is 5.99. The van der Waals surface area contributed by atoms with Gasteiger partial charge in [0.15, 0.2) is 0 Å². The first kappa shape index (κ1) is 12.8. The van der Waals surface area contributed by atoms with Gasteiger partial charge in [-0.25, -0.2) is 0 Å². The summed E-state index contributed by atoms with van der Waals surface area (Å²) in [5.74, 6) is 1.46. The maximum absolute atomic E-state index is 5.99. The summed E-state index contributed by atoms with van der Waals surface area (Å²) < 4.78 is 2.48. The quantitative estimate of drug-likeness (QED) is 0.596. The van der Waals surface area contributed by atoms with Gasteiger partial charge >= 0.3 is 0 Å². The molecule has 0 radical (unpaired) electrons. The van der Waals surface area contributed by atoms with Gasteiger partial charge in [0.05, 0.1) is 6.20 Å². The largest absolute Gasteiger partial charge is 0.384 e. The van der Waals surface area contributed by atoms with Gasteiger partial charge in [-0.2, -0.15) is 5.10 Å². The first-order valence-electron chi connectivity index (χ1n) is 8.11. The van der Waals surface area contributed by atoms with Gasteiger partial charge in [0.1, 0.15) is 5.82 Å². The van der Waals surface area contributed by atoms with Crippen molar-refractivity contribution in [1.29, 1.82) is 0 Å². The van der Waals surface area contributed by atoms with E-state index in [1.54, 1.807) is 6.20 Å². The van der Waals surface area contributed by atoms with Crippen molar-refractivity contribution >= 4 is 27.6 Å². The third-order valence-corrected chi connectivity index (χ3v) is 4.89. The van der Waals surface area contributed by atoms with Crippen LogP contribution in [-0.2, 0) is 6.54 Å². The third kappa shape index (κ3) is 1.95. The van der Waals surface area contributed by atoms with Gasteiger partial charge in [-0.3, -0.25) is 5.10 Å². The van der Waals surface area contributed by atoms with E-state index in [-0.39, 0.29) is 0 Å². The van der Waals surface area contributed by atoms with E-state index in [0.717, 1.165) is 23.6 Å². The molecule has 0 unspecified atom stereocenters. The van der Waals surface area contributed by atoms with Gasteiger partial charge in [0.25, 0.3) is 0 Å². The summed E-state index contributed by atoms with van der Waals surface area (Å²) >= 11 is 0. The van der Waals surface area contributed by atoms with Crippen molar-refractivity contribution in [3.05, 3.63) is 48.7 Å². The van der Waals surface area contributed by atoms with Crippen LogP contribution in [0.5, 0.6) is 0 Å². The number of fused-ring (bicyclic) bond motifs is 3. The van der Waals surface area contributed by atoms with Crippen LogP contribution in [0.15, 0.2) is 48.7 Å². The molecule has 0 aliphatic heterocycles. The summed E-state index contributed by atoms with van der Waals surface area (Å²) in [7, 11) is 0. The Bertz CT molecular complexity index is 1020. The molecule has 1 aliphatic rings. The number of benzene rings is 2. The fraction of sp³-hybridized carbons (Fsp3) is 0.211. The molecule has 0 spiro atoms. The van der Waals surface area contributed by atoms with Gasteiger partial charge in [-0.1, -0.05) is 24.3 Å². The second kappa shape index (κ2) is 4.62. The van der Waals surface area contributed by atoms with Crippen molar-refractivity contribution in [2.24, 2.45) is 5.92 Å². The zero-order chi connectivity index (χ0) is 15.4. The number of nitrogens with two attached hydrogens (primary N) is 1. The molecule has 0 atom stereocenters. The molecule has 0 amide bonds. The van der Waals surface area contributed by atoms with E-state index >= 15 is 0 Å². The Morgan fingerprint density at radius 2 is 1.91 bits per heavy atom. The van der Waals surface area contributed by atoms with Crippen LogP contribution in [0.1, 0.15) is 12.8 Å². The van der Waals surface area contributed by atoms with Gasteiger partial charge in [0.2, 0.25) is 0 Å². The highest BCUT2D eigenvalue weighted by atomic mass is 15.1. The molecule has 2 aromatic heterocycles. The third-order valence-electron chi connectivity index (χ3n) is 4.89. The monoisotopic (exact) mass is 302 g/mol. The Balaban J connectivity index is 1.79. The van der Waals surface area contributed by atoms with Crippen molar-refractivity contribution in [1.82, 2.24) is 14.8 Å². The molecule has 1 fully saturated rings. The fourth-order valence-electron chi connectivity index (χ4n) is 3.50. The van der Waals surface area contributed by atoms with Gasteiger partial charge < -0.3 is 10.3 Å². The number of anilines is 1. The number of nitrogen functional groups attached to an aromatic ring is 1. The van der Waals surface area contributed by atoms with E-state index < -0.39 is 0 Å². The van der Waals surface area contributed by atoms with E-state index in [0.29, 0.717) is 5.82 Å². The van der Waals surface area contributed by atoms with Crippen LogP contribution in [0.2, 0.25) is 0 Å². The minimum absolute atomic E-state index is 0.617. The summed E-state index contributed by atoms with van der Waals surface area (Å²) in [5, 5.41) is 9.46. The summed E-state index contributed by atoms with van der Waals surface area (Å²) in [6.07, 6.45) is 4.51. The Kier molecular flexibility index (Phi) is 2.56. The highest BCUT2D eigenvalue weighted by Crippen LogP contribution is 2.37. The molecule has 114 valence electrons. The molecule has 23 heavy (non-hydrogen) atoms. The maximum Gasteiger partial charge on any atom is 0.126 e. The predicted molar refractivity (Wildman–Crippen MR) is 94.2 cm³/mol. The number of nitrogens with one attached hydrogen (secondary N) is 1. The zero-order valence-corrected chi connectivity index (χ0v) is 12.8.